The number of hydrogen-bond acceptors (Lipinski definition) is 3. The fourth-order valence-electron chi connectivity index (χ4n) is 1.52. The number of ether oxygens (including phenoxy) is 1. The van der Waals surface area contributed by atoms with Gasteiger partial charge in [-0.05, 0) is 38.3 Å². The Morgan fingerprint density at radius 3 is 2.53 bits per heavy atom. The predicted octanol–water partition coefficient (Wildman–Crippen LogP) is 2.45. The van der Waals surface area contributed by atoms with Crippen LogP contribution in [0.5, 0.6) is 0 Å². The molecule has 17 heavy (non-hydrogen) atoms. The van der Waals surface area contributed by atoms with Crippen LogP contribution in [0, 0.1) is 0 Å². The van der Waals surface area contributed by atoms with Gasteiger partial charge in [-0.3, -0.25) is 4.79 Å². The minimum Gasteiger partial charge on any atom is -0.460 e. The van der Waals surface area contributed by atoms with E-state index in [-0.39, 0.29) is 12.6 Å². The van der Waals surface area contributed by atoms with Crippen molar-refractivity contribution in [2.24, 2.45) is 0 Å². The van der Waals surface area contributed by atoms with Gasteiger partial charge < -0.3 is 9.84 Å². The lowest BCUT2D eigenvalue weighted by atomic mass is 10.1. The van der Waals surface area contributed by atoms with Gasteiger partial charge in [-0.25, -0.2) is 0 Å². The Labute approximate surface area is 102 Å². The van der Waals surface area contributed by atoms with Gasteiger partial charge >= 0.3 is 5.97 Å². The topological polar surface area (TPSA) is 46.5 Å². The van der Waals surface area contributed by atoms with Gasteiger partial charge in [-0.15, -0.1) is 0 Å². The lowest BCUT2D eigenvalue weighted by Gasteiger charge is -2.19. The van der Waals surface area contributed by atoms with Gasteiger partial charge in [-0.2, -0.15) is 0 Å². The van der Waals surface area contributed by atoms with E-state index >= 15 is 0 Å². The average Bonchev–Trinajstić information content (AvgIpc) is 2.24. The second kappa shape index (κ2) is 5.82. The smallest absolute Gasteiger partial charge is 0.306 e. The van der Waals surface area contributed by atoms with Gasteiger partial charge in [-0.1, -0.05) is 24.3 Å². The predicted molar refractivity (Wildman–Crippen MR) is 66.5 cm³/mol. The average molecular weight is 236 g/mol. The molecule has 0 aliphatic rings. The summed E-state index contributed by atoms with van der Waals surface area (Å²) >= 11 is 0. The largest absolute Gasteiger partial charge is 0.460 e. The molecule has 0 amide bonds. The van der Waals surface area contributed by atoms with E-state index in [1.165, 1.54) is 0 Å². The highest BCUT2D eigenvalue weighted by Crippen LogP contribution is 2.11. The van der Waals surface area contributed by atoms with Crippen LogP contribution < -0.4 is 0 Å². The second-order valence-electron chi connectivity index (χ2n) is 5.06. The molecule has 0 aliphatic heterocycles. The van der Waals surface area contributed by atoms with E-state index in [2.05, 4.69) is 0 Å². The lowest BCUT2D eigenvalue weighted by Crippen LogP contribution is -2.24. The van der Waals surface area contributed by atoms with Gasteiger partial charge in [0, 0.05) is 6.42 Å². The maximum absolute atomic E-state index is 11.5. The van der Waals surface area contributed by atoms with Crippen LogP contribution in [0.3, 0.4) is 0 Å². The molecule has 1 aromatic carbocycles. The van der Waals surface area contributed by atoms with Crippen molar-refractivity contribution >= 4 is 5.97 Å². The summed E-state index contributed by atoms with van der Waals surface area (Å²) in [6, 6.07) is 7.60. The summed E-state index contributed by atoms with van der Waals surface area (Å²) in [5, 5.41) is 9.00. The Morgan fingerprint density at radius 1 is 1.29 bits per heavy atom. The highest BCUT2D eigenvalue weighted by Gasteiger charge is 2.15. The molecule has 0 fully saturated rings. The molecule has 0 bridgehead atoms. The van der Waals surface area contributed by atoms with Crippen molar-refractivity contribution in [1.29, 1.82) is 0 Å². The summed E-state index contributed by atoms with van der Waals surface area (Å²) in [6.45, 7) is 5.60. The van der Waals surface area contributed by atoms with Crippen LogP contribution in [0.15, 0.2) is 24.3 Å². The number of aliphatic hydroxyl groups excluding tert-OH is 1. The number of aryl methyl sites for hydroxylation is 1. The van der Waals surface area contributed by atoms with Gasteiger partial charge in [0.2, 0.25) is 0 Å². The van der Waals surface area contributed by atoms with Crippen LogP contribution in [0.1, 0.15) is 38.3 Å². The molecule has 0 heterocycles. The first-order valence-electron chi connectivity index (χ1n) is 5.81. The van der Waals surface area contributed by atoms with Gasteiger partial charge in [0.1, 0.15) is 5.60 Å². The number of aliphatic hydroxyl groups is 1. The third kappa shape index (κ3) is 5.50. The zero-order chi connectivity index (χ0) is 12.9. The SMILES string of the molecule is CC(C)(C)OC(=O)CCc1cccc(CO)c1. The molecule has 3 nitrogen and oxygen atoms in total. The van der Waals surface area contributed by atoms with Crippen molar-refractivity contribution in [2.45, 2.75) is 45.8 Å². The summed E-state index contributed by atoms with van der Waals surface area (Å²) in [4.78, 5) is 11.5. The summed E-state index contributed by atoms with van der Waals surface area (Å²) in [5.74, 6) is -0.188. The molecule has 1 rings (SSSR count). The first kappa shape index (κ1) is 13.7. The zero-order valence-corrected chi connectivity index (χ0v) is 10.7. The van der Waals surface area contributed by atoms with E-state index in [1.54, 1.807) is 0 Å². The van der Waals surface area contributed by atoms with Crippen LogP contribution in [-0.2, 0) is 22.6 Å². The maximum atomic E-state index is 11.5. The normalized spacial score (nSPS) is 11.3. The minimum absolute atomic E-state index is 0.0281. The second-order valence-corrected chi connectivity index (χ2v) is 5.06. The number of carbonyl (C=O) groups is 1. The van der Waals surface area contributed by atoms with Gasteiger partial charge in [0.25, 0.3) is 0 Å². The molecular weight excluding hydrogens is 216 g/mol. The quantitative estimate of drug-likeness (QED) is 0.817. The monoisotopic (exact) mass is 236 g/mol. The number of esters is 1. The van der Waals surface area contributed by atoms with Gasteiger partial charge in [0.05, 0.1) is 6.61 Å². The van der Waals surface area contributed by atoms with E-state index in [0.29, 0.717) is 12.8 Å². The maximum Gasteiger partial charge on any atom is 0.306 e. The molecule has 0 radical (unpaired) electrons. The zero-order valence-electron chi connectivity index (χ0n) is 10.7. The number of carbonyl (C=O) groups excluding carboxylic acids is 1. The first-order chi connectivity index (χ1) is 7.90. The minimum atomic E-state index is -0.427. The highest BCUT2D eigenvalue weighted by molar-refractivity contribution is 5.70. The van der Waals surface area contributed by atoms with E-state index in [9.17, 15) is 4.79 Å². The Morgan fingerprint density at radius 2 is 1.94 bits per heavy atom. The molecule has 0 unspecified atom stereocenters. The van der Waals surface area contributed by atoms with Crippen molar-refractivity contribution in [1.82, 2.24) is 0 Å². The highest BCUT2D eigenvalue weighted by atomic mass is 16.6. The van der Waals surface area contributed by atoms with E-state index in [4.69, 9.17) is 9.84 Å². The van der Waals surface area contributed by atoms with E-state index in [0.717, 1.165) is 11.1 Å². The van der Waals surface area contributed by atoms with Gasteiger partial charge in [0.15, 0.2) is 0 Å². The third-order valence-corrected chi connectivity index (χ3v) is 2.21. The van der Waals surface area contributed by atoms with E-state index in [1.807, 2.05) is 45.0 Å². The first-order valence-corrected chi connectivity index (χ1v) is 5.81. The molecule has 1 aromatic rings. The summed E-state index contributed by atoms with van der Waals surface area (Å²) < 4.78 is 5.23. The van der Waals surface area contributed by atoms with Crippen molar-refractivity contribution in [3.63, 3.8) is 0 Å². The van der Waals surface area contributed by atoms with Crippen LogP contribution in [0.2, 0.25) is 0 Å². The Balaban J connectivity index is 2.47. The summed E-state index contributed by atoms with van der Waals surface area (Å²) in [6.07, 6.45) is 1.01. The molecule has 0 aliphatic carbocycles. The van der Waals surface area contributed by atoms with Crippen LogP contribution in [0.25, 0.3) is 0 Å². The van der Waals surface area contributed by atoms with Crippen LogP contribution in [0.4, 0.5) is 0 Å². The molecule has 3 heteroatoms. The molecule has 1 N–H and O–H groups in total. The summed E-state index contributed by atoms with van der Waals surface area (Å²) in [5.41, 5.74) is 1.48. The molecule has 0 saturated carbocycles. The molecule has 0 saturated heterocycles. The van der Waals surface area contributed by atoms with Crippen LogP contribution >= 0.6 is 0 Å². The lowest BCUT2D eigenvalue weighted by molar-refractivity contribution is -0.154. The number of hydrogen-bond donors (Lipinski definition) is 1. The number of rotatable bonds is 4. The Kier molecular flexibility index (Phi) is 4.70. The Hall–Kier alpha value is -1.35. The third-order valence-electron chi connectivity index (χ3n) is 2.21. The standard InChI is InChI=1S/C14H20O3/c1-14(2,3)17-13(16)8-7-11-5-4-6-12(9-11)10-15/h4-6,9,15H,7-8,10H2,1-3H3. The van der Waals surface area contributed by atoms with E-state index < -0.39 is 5.60 Å². The Bertz CT molecular complexity index is 377. The van der Waals surface area contributed by atoms with Crippen molar-refractivity contribution in [2.75, 3.05) is 0 Å². The molecule has 0 atom stereocenters. The van der Waals surface area contributed by atoms with Crippen molar-refractivity contribution in [3.8, 4) is 0 Å². The molecule has 0 aromatic heterocycles. The van der Waals surface area contributed by atoms with Crippen molar-refractivity contribution in [3.05, 3.63) is 35.4 Å². The van der Waals surface area contributed by atoms with Crippen LogP contribution in [-0.4, -0.2) is 16.7 Å². The fraction of sp³-hybridized carbons (Fsp3) is 0.500. The molecular formula is C14H20O3. The molecule has 0 spiro atoms. The molecule has 94 valence electrons. The fourth-order valence-corrected chi connectivity index (χ4v) is 1.52. The summed E-state index contributed by atoms with van der Waals surface area (Å²) in [7, 11) is 0. The van der Waals surface area contributed by atoms with Crippen molar-refractivity contribution < 1.29 is 14.6 Å². The number of benzene rings is 1.